The molecule has 0 aliphatic rings. The first-order valence-corrected chi connectivity index (χ1v) is 5.82. The van der Waals surface area contributed by atoms with E-state index in [1.165, 1.54) is 18.1 Å². The molecule has 2 rings (SSSR count). The van der Waals surface area contributed by atoms with Crippen molar-refractivity contribution < 1.29 is 31.1 Å². The van der Waals surface area contributed by atoms with E-state index >= 15 is 0 Å². The van der Waals surface area contributed by atoms with Gasteiger partial charge in [0.25, 0.3) is 0 Å². The molecule has 1 aromatic heterocycles. The number of nitrogens with zero attached hydrogens (tertiary/aromatic N) is 3. The second kappa shape index (κ2) is 5.50. The van der Waals surface area contributed by atoms with Gasteiger partial charge in [0.05, 0.1) is 11.1 Å². The number of benzene rings is 1. The molecule has 22 heavy (non-hydrogen) atoms. The number of hydrogen-bond acceptors (Lipinski definition) is 3. The van der Waals surface area contributed by atoms with Gasteiger partial charge in [-0.05, 0) is 18.2 Å². The second-order valence-corrected chi connectivity index (χ2v) is 4.33. The molecule has 0 N–H and O–H groups in total. The summed E-state index contributed by atoms with van der Waals surface area (Å²) in [5.74, 6) is -0.295. The van der Waals surface area contributed by atoms with Crippen molar-refractivity contribution in [3.05, 3.63) is 41.5 Å². The number of alkyl halides is 6. The molecule has 0 unspecified atom stereocenters. The third kappa shape index (κ3) is 3.68. The smallest absolute Gasteiger partial charge is 0.416 e. The molecule has 120 valence electrons. The molecular formula is C12H9F6N3O. The highest BCUT2D eigenvalue weighted by Gasteiger charge is 2.37. The van der Waals surface area contributed by atoms with E-state index in [0.717, 1.165) is 0 Å². The molecule has 2 aromatic rings. The van der Waals surface area contributed by atoms with E-state index in [2.05, 4.69) is 10.1 Å². The molecule has 10 heteroatoms. The molecule has 0 amide bonds. The minimum absolute atomic E-state index is 0.0369. The van der Waals surface area contributed by atoms with Gasteiger partial charge in [0.1, 0.15) is 18.7 Å². The van der Waals surface area contributed by atoms with E-state index in [1.54, 1.807) is 0 Å². The molecule has 1 aromatic carbocycles. The highest BCUT2D eigenvalue weighted by atomic mass is 19.4. The van der Waals surface area contributed by atoms with Crippen molar-refractivity contribution in [1.82, 2.24) is 14.8 Å². The van der Waals surface area contributed by atoms with Crippen LogP contribution in [0.1, 0.15) is 17.0 Å². The Bertz CT molecular complexity index is 629. The Labute approximate surface area is 120 Å². The van der Waals surface area contributed by atoms with Crippen LogP contribution in [0.25, 0.3) is 0 Å². The lowest BCUT2D eigenvalue weighted by Crippen LogP contribution is -2.12. The molecule has 0 aliphatic heterocycles. The number of halogens is 6. The van der Waals surface area contributed by atoms with Gasteiger partial charge in [-0.1, -0.05) is 0 Å². The molecule has 0 aliphatic carbocycles. The first-order chi connectivity index (χ1) is 10.1. The number of rotatable bonds is 3. The van der Waals surface area contributed by atoms with Crippen molar-refractivity contribution in [3.63, 3.8) is 0 Å². The SMILES string of the molecule is Cn1ncnc1COc1cc(C(F)(F)F)cc(C(F)(F)F)c1. The van der Waals surface area contributed by atoms with Crippen molar-refractivity contribution in [3.8, 4) is 5.75 Å². The lowest BCUT2D eigenvalue weighted by molar-refractivity contribution is -0.143. The molecule has 0 fully saturated rings. The van der Waals surface area contributed by atoms with Crippen LogP contribution in [0.2, 0.25) is 0 Å². The van der Waals surface area contributed by atoms with E-state index in [9.17, 15) is 26.3 Å². The van der Waals surface area contributed by atoms with E-state index in [4.69, 9.17) is 4.74 Å². The highest BCUT2D eigenvalue weighted by Crippen LogP contribution is 2.38. The molecule has 0 bridgehead atoms. The van der Waals surface area contributed by atoms with E-state index in [-0.39, 0.29) is 18.5 Å². The summed E-state index contributed by atoms with van der Waals surface area (Å²) in [5, 5.41) is 3.71. The fourth-order valence-corrected chi connectivity index (χ4v) is 1.61. The van der Waals surface area contributed by atoms with Gasteiger partial charge in [0, 0.05) is 7.05 Å². The standard InChI is InChI=1S/C12H9F6N3O/c1-21-10(19-6-20-21)5-22-9-3-7(11(13,14)15)2-8(4-9)12(16,17)18/h2-4,6H,5H2,1H3. The molecular weight excluding hydrogens is 316 g/mol. The van der Waals surface area contributed by atoms with Gasteiger partial charge < -0.3 is 4.74 Å². The first-order valence-electron chi connectivity index (χ1n) is 5.82. The van der Waals surface area contributed by atoms with Crippen molar-refractivity contribution in [2.24, 2.45) is 7.05 Å². The summed E-state index contributed by atoms with van der Waals surface area (Å²) in [6.07, 6.45) is -8.64. The predicted octanol–water partition coefficient (Wildman–Crippen LogP) is 3.43. The van der Waals surface area contributed by atoms with Crippen molar-refractivity contribution in [2.45, 2.75) is 19.0 Å². The fourth-order valence-electron chi connectivity index (χ4n) is 1.61. The van der Waals surface area contributed by atoms with Crippen LogP contribution in [-0.2, 0) is 26.0 Å². The number of aromatic nitrogens is 3. The van der Waals surface area contributed by atoms with Gasteiger partial charge in [-0.25, -0.2) is 4.98 Å². The van der Waals surface area contributed by atoms with Crippen LogP contribution in [0.3, 0.4) is 0 Å². The third-order valence-electron chi connectivity index (χ3n) is 2.73. The zero-order valence-corrected chi connectivity index (χ0v) is 11.0. The maximum Gasteiger partial charge on any atom is 0.416 e. The number of ether oxygens (including phenoxy) is 1. The van der Waals surface area contributed by atoms with Crippen LogP contribution in [0, 0.1) is 0 Å². The Kier molecular flexibility index (Phi) is 4.03. The average molecular weight is 325 g/mol. The van der Waals surface area contributed by atoms with Gasteiger partial charge in [-0.2, -0.15) is 31.4 Å². The minimum atomic E-state index is -4.91. The molecule has 0 spiro atoms. The topological polar surface area (TPSA) is 39.9 Å². The summed E-state index contributed by atoms with van der Waals surface area (Å²) >= 11 is 0. The monoisotopic (exact) mass is 325 g/mol. The number of aryl methyl sites for hydroxylation is 1. The van der Waals surface area contributed by atoms with Crippen LogP contribution >= 0.6 is 0 Å². The van der Waals surface area contributed by atoms with Gasteiger partial charge in [-0.15, -0.1) is 0 Å². The van der Waals surface area contributed by atoms with Crippen molar-refractivity contribution >= 4 is 0 Å². The van der Waals surface area contributed by atoms with Crippen LogP contribution in [0.4, 0.5) is 26.3 Å². The fraction of sp³-hybridized carbons (Fsp3) is 0.333. The Morgan fingerprint density at radius 2 is 1.55 bits per heavy atom. The minimum Gasteiger partial charge on any atom is -0.486 e. The van der Waals surface area contributed by atoms with Gasteiger partial charge in [0.2, 0.25) is 0 Å². The Balaban J connectivity index is 2.32. The highest BCUT2D eigenvalue weighted by molar-refractivity contribution is 5.37. The summed E-state index contributed by atoms with van der Waals surface area (Å²) in [6, 6.07) is 1.05. The first kappa shape index (κ1) is 16.1. The Morgan fingerprint density at radius 1 is 1.00 bits per heavy atom. The Morgan fingerprint density at radius 3 is 1.95 bits per heavy atom. The predicted molar refractivity (Wildman–Crippen MR) is 61.8 cm³/mol. The molecule has 0 saturated heterocycles. The lowest BCUT2D eigenvalue weighted by Gasteiger charge is -2.14. The molecule has 0 radical (unpaired) electrons. The molecule has 4 nitrogen and oxygen atoms in total. The van der Waals surface area contributed by atoms with Crippen LogP contribution in [0.5, 0.6) is 5.75 Å². The normalized spacial score (nSPS) is 12.5. The summed E-state index contributed by atoms with van der Waals surface area (Å²) in [6.45, 7) is -0.310. The maximum atomic E-state index is 12.7. The zero-order chi connectivity index (χ0) is 16.5. The van der Waals surface area contributed by atoms with Crippen molar-refractivity contribution in [2.75, 3.05) is 0 Å². The maximum absolute atomic E-state index is 12.7. The second-order valence-electron chi connectivity index (χ2n) is 4.33. The van der Waals surface area contributed by atoms with E-state index in [1.807, 2.05) is 0 Å². The summed E-state index contributed by atoms with van der Waals surface area (Å²) in [7, 11) is 1.51. The molecule has 1 heterocycles. The molecule has 0 saturated carbocycles. The van der Waals surface area contributed by atoms with E-state index < -0.39 is 29.2 Å². The summed E-state index contributed by atoms with van der Waals surface area (Å²) in [4.78, 5) is 3.76. The average Bonchev–Trinajstić information content (AvgIpc) is 2.79. The Hall–Kier alpha value is -2.26. The van der Waals surface area contributed by atoms with Crippen LogP contribution in [-0.4, -0.2) is 14.8 Å². The third-order valence-corrected chi connectivity index (χ3v) is 2.73. The van der Waals surface area contributed by atoms with Crippen molar-refractivity contribution in [1.29, 1.82) is 0 Å². The van der Waals surface area contributed by atoms with Gasteiger partial charge >= 0.3 is 12.4 Å². The summed E-state index contributed by atoms with van der Waals surface area (Å²) < 4.78 is 82.3. The van der Waals surface area contributed by atoms with Gasteiger partial charge in [-0.3, -0.25) is 4.68 Å². The molecule has 0 atom stereocenters. The van der Waals surface area contributed by atoms with E-state index in [0.29, 0.717) is 12.1 Å². The van der Waals surface area contributed by atoms with Crippen LogP contribution < -0.4 is 4.74 Å². The largest absolute Gasteiger partial charge is 0.486 e. The zero-order valence-electron chi connectivity index (χ0n) is 11.0. The number of hydrogen-bond donors (Lipinski definition) is 0. The lowest BCUT2D eigenvalue weighted by atomic mass is 10.1. The van der Waals surface area contributed by atoms with Gasteiger partial charge in [0.15, 0.2) is 5.82 Å². The summed E-state index contributed by atoms with van der Waals surface area (Å²) in [5.41, 5.74) is -2.87. The van der Waals surface area contributed by atoms with Crippen LogP contribution in [0.15, 0.2) is 24.5 Å². The quantitative estimate of drug-likeness (QED) is 0.812.